The van der Waals surface area contributed by atoms with Crippen molar-refractivity contribution in [2.24, 2.45) is 5.92 Å². The first kappa shape index (κ1) is 24.5. The quantitative estimate of drug-likeness (QED) is 0.482. The summed E-state index contributed by atoms with van der Waals surface area (Å²) >= 11 is 0. The van der Waals surface area contributed by atoms with Crippen LogP contribution in [0.5, 0.6) is 0 Å². The van der Waals surface area contributed by atoms with E-state index in [1.165, 1.54) is 0 Å². The van der Waals surface area contributed by atoms with Crippen molar-refractivity contribution in [1.82, 2.24) is 10.6 Å². The number of allylic oxidation sites excluding steroid dienone is 1. The zero-order valence-electron chi connectivity index (χ0n) is 20.1. The molecule has 2 aromatic carbocycles. The number of carbonyl (C=O) groups is 3. The van der Waals surface area contributed by atoms with Crippen molar-refractivity contribution in [3.63, 3.8) is 0 Å². The zero-order chi connectivity index (χ0) is 24.9. The molecule has 2 aromatic rings. The van der Waals surface area contributed by atoms with E-state index in [1.54, 1.807) is 0 Å². The van der Waals surface area contributed by atoms with Gasteiger partial charge in [0, 0.05) is 12.0 Å². The van der Waals surface area contributed by atoms with Gasteiger partial charge in [-0.25, -0.2) is 4.79 Å². The van der Waals surface area contributed by atoms with Crippen LogP contribution < -0.4 is 10.6 Å². The molecule has 1 fully saturated rings. The molecule has 1 unspecified atom stereocenters. The molecular weight excluding hydrogens is 444 g/mol. The maximum absolute atomic E-state index is 13.0. The standard InChI is InChI=1S/C28H32N2O5/c1-17(2)11-14-25(26(31)29-19-13-12-18(15-19)27(32)33)30-28(34)35-16-24-22-9-5-3-7-20(22)21-8-4-6-10-23(21)24/h3-11,18-19,24-25H,12-16H2,1-2H3,(H,29,31)(H,30,34)(H,32,33)/t18-,19+,25?/m1/s1. The van der Waals surface area contributed by atoms with Gasteiger partial charge in [0.25, 0.3) is 0 Å². The largest absolute Gasteiger partial charge is 0.481 e. The van der Waals surface area contributed by atoms with Gasteiger partial charge in [-0.15, -0.1) is 0 Å². The molecule has 0 radical (unpaired) electrons. The van der Waals surface area contributed by atoms with Crippen molar-refractivity contribution < 1.29 is 24.2 Å². The highest BCUT2D eigenvalue weighted by Gasteiger charge is 2.33. The van der Waals surface area contributed by atoms with Gasteiger partial charge in [-0.3, -0.25) is 9.59 Å². The van der Waals surface area contributed by atoms with E-state index in [4.69, 9.17) is 4.74 Å². The number of alkyl carbamates (subject to hydrolysis) is 1. The van der Waals surface area contributed by atoms with Crippen molar-refractivity contribution in [3.05, 3.63) is 71.3 Å². The summed E-state index contributed by atoms with van der Waals surface area (Å²) in [6, 6.07) is 15.2. The number of ether oxygens (including phenoxy) is 1. The lowest BCUT2D eigenvalue weighted by atomic mass is 9.98. The third kappa shape index (κ3) is 5.73. The summed E-state index contributed by atoms with van der Waals surface area (Å²) in [5.41, 5.74) is 5.57. The molecule has 3 atom stereocenters. The minimum atomic E-state index is -0.834. The topological polar surface area (TPSA) is 105 Å². The second-order valence-electron chi connectivity index (χ2n) is 9.59. The Bertz CT molecular complexity index is 1090. The summed E-state index contributed by atoms with van der Waals surface area (Å²) in [5.74, 6) is -1.66. The molecule has 0 aromatic heterocycles. The Labute approximate surface area is 205 Å². The minimum Gasteiger partial charge on any atom is -0.481 e. The number of amides is 2. The Kier molecular flexibility index (Phi) is 7.54. The highest BCUT2D eigenvalue weighted by atomic mass is 16.5. The molecule has 7 nitrogen and oxygen atoms in total. The average molecular weight is 477 g/mol. The molecule has 2 amide bonds. The van der Waals surface area contributed by atoms with Gasteiger partial charge in [0.2, 0.25) is 5.91 Å². The highest BCUT2D eigenvalue weighted by Crippen LogP contribution is 2.44. The number of aliphatic carboxylic acids is 1. The molecule has 0 aliphatic heterocycles. The number of carboxylic acid groups (broad SMARTS) is 1. The van der Waals surface area contributed by atoms with Gasteiger partial charge in [-0.1, -0.05) is 60.2 Å². The maximum Gasteiger partial charge on any atom is 0.407 e. The van der Waals surface area contributed by atoms with E-state index in [2.05, 4.69) is 34.9 Å². The van der Waals surface area contributed by atoms with Gasteiger partial charge < -0.3 is 20.5 Å². The lowest BCUT2D eigenvalue weighted by Crippen LogP contribution is -2.49. The fourth-order valence-corrected chi connectivity index (χ4v) is 5.01. The van der Waals surface area contributed by atoms with E-state index >= 15 is 0 Å². The van der Waals surface area contributed by atoms with E-state index in [1.807, 2.05) is 44.2 Å². The van der Waals surface area contributed by atoms with Gasteiger partial charge in [0.15, 0.2) is 0 Å². The number of fused-ring (bicyclic) bond motifs is 3. The van der Waals surface area contributed by atoms with Crippen molar-refractivity contribution in [2.45, 2.75) is 57.5 Å². The molecular formula is C28H32N2O5. The third-order valence-electron chi connectivity index (χ3n) is 6.84. The van der Waals surface area contributed by atoms with Crippen molar-refractivity contribution >= 4 is 18.0 Å². The minimum absolute atomic E-state index is 0.0651. The van der Waals surface area contributed by atoms with E-state index in [0.29, 0.717) is 25.7 Å². The smallest absolute Gasteiger partial charge is 0.407 e. The molecule has 1 saturated carbocycles. The van der Waals surface area contributed by atoms with Crippen LogP contribution in [0, 0.1) is 5.92 Å². The van der Waals surface area contributed by atoms with E-state index in [-0.39, 0.29) is 24.5 Å². The Morgan fingerprint density at radius 3 is 2.23 bits per heavy atom. The van der Waals surface area contributed by atoms with Gasteiger partial charge in [-0.05, 0) is 61.8 Å². The molecule has 3 N–H and O–H groups in total. The molecule has 2 aliphatic rings. The zero-order valence-corrected chi connectivity index (χ0v) is 20.1. The first-order valence-corrected chi connectivity index (χ1v) is 12.1. The van der Waals surface area contributed by atoms with E-state index in [9.17, 15) is 19.5 Å². The van der Waals surface area contributed by atoms with Gasteiger partial charge in [0.1, 0.15) is 12.6 Å². The van der Waals surface area contributed by atoms with Crippen LogP contribution in [0.4, 0.5) is 4.79 Å². The van der Waals surface area contributed by atoms with E-state index < -0.39 is 24.0 Å². The summed E-state index contributed by atoms with van der Waals surface area (Å²) in [6.45, 7) is 4.02. The number of hydrogen-bond donors (Lipinski definition) is 3. The predicted octanol–water partition coefficient (Wildman–Crippen LogP) is 4.62. The van der Waals surface area contributed by atoms with Crippen molar-refractivity contribution in [1.29, 1.82) is 0 Å². The van der Waals surface area contributed by atoms with Gasteiger partial charge in [0.05, 0.1) is 5.92 Å². The van der Waals surface area contributed by atoms with Gasteiger partial charge >= 0.3 is 12.1 Å². The molecule has 0 saturated heterocycles. The van der Waals surface area contributed by atoms with Crippen LogP contribution >= 0.6 is 0 Å². The number of hydrogen-bond acceptors (Lipinski definition) is 4. The van der Waals surface area contributed by atoms with Crippen LogP contribution in [0.25, 0.3) is 11.1 Å². The lowest BCUT2D eigenvalue weighted by Gasteiger charge is -2.21. The van der Waals surface area contributed by atoms with Crippen molar-refractivity contribution in [2.75, 3.05) is 6.61 Å². The number of carboxylic acids is 1. The number of carbonyl (C=O) groups excluding carboxylic acids is 2. The first-order chi connectivity index (χ1) is 16.8. The maximum atomic E-state index is 13.0. The molecule has 0 spiro atoms. The molecule has 0 bridgehead atoms. The molecule has 35 heavy (non-hydrogen) atoms. The summed E-state index contributed by atoms with van der Waals surface area (Å²) in [4.78, 5) is 36.9. The SMILES string of the molecule is CC(C)=CCC(NC(=O)OCC1c2ccccc2-c2ccccc21)C(=O)N[C@H]1CC[C@@H](C(=O)O)C1. The molecule has 0 heterocycles. The fourth-order valence-electron chi connectivity index (χ4n) is 5.01. The number of nitrogens with one attached hydrogen (secondary N) is 2. The fraction of sp³-hybridized carbons (Fsp3) is 0.393. The van der Waals surface area contributed by atoms with Crippen LogP contribution in [-0.2, 0) is 14.3 Å². The van der Waals surface area contributed by atoms with Crippen LogP contribution in [0.3, 0.4) is 0 Å². The normalized spacial score (nSPS) is 19.3. The van der Waals surface area contributed by atoms with Crippen LogP contribution in [0.1, 0.15) is 56.6 Å². The van der Waals surface area contributed by atoms with Gasteiger partial charge in [-0.2, -0.15) is 0 Å². The summed E-state index contributed by atoms with van der Waals surface area (Å²) in [6.07, 6.45) is 3.13. The lowest BCUT2D eigenvalue weighted by molar-refractivity contribution is -0.141. The highest BCUT2D eigenvalue weighted by molar-refractivity contribution is 5.86. The average Bonchev–Trinajstić information content (AvgIpc) is 3.43. The summed E-state index contributed by atoms with van der Waals surface area (Å²) in [5, 5.41) is 14.8. The Morgan fingerprint density at radius 1 is 1.03 bits per heavy atom. The summed E-state index contributed by atoms with van der Waals surface area (Å²) < 4.78 is 5.62. The summed E-state index contributed by atoms with van der Waals surface area (Å²) in [7, 11) is 0. The molecule has 184 valence electrons. The Hall–Kier alpha value is -3.61. The van der Waals surface area contributed by atoms with Crippen molar-refractivity contribution in [3.8, 4) is 11.1 Å². The second-order valence-corrected chi connectivity index (χ2v) is 9.59. The molecule has 4 rings (SSSR count). The van der Waals surface area contributed by atoms with Crippen LogP contribution in [0.15, 0.2) is 60.2 Å². The van der Waals surface area contributed by atoms with E-state index in [0.717, 1.165) is 27.8 Å². The second kappa shape index (κ2) is 10.8. The van der Waals surface area contributed by atoms with Crippen LogP contribution in [0.2, 0.25) is 0 Å². The molecule has 2 aliphatic carbocycles. The van der Waals surface area contributed by atoms with Crippen LogP contribution in [-0.4, -0.2) is 41.8 Å². The predicted molar refractivity (Wildman–Crippen MR) is 133 cm³/mol. The third-order valence-corrected chi connectivity index (χ3v) is 6.84. The Morgan fingerprint density at radius 2 is 1.66 bits per heavy atom. The number of benzene rings is 2. The number of rotatable bonds is 8. The Balaban J connectivity index is 1.39. The molecule has 7 heteroatoms. The monoisotopic (exact) mass is 476 g/mol. The first-order valence-electron chi connectivity index (χ1n) is 12.1.